The van der Waals surface area contributed by atoms with Crippen molar-refractivity contribution in [1.82, 2.24) is 14.7 Å². The Morgan fingerprint density at radius 1 is 1.16 bits per heavy atom. The number of aromatic nitrogens is 2. The predicted molar refractivity (Wildman–Crippen MR) is 120 cm³/mol. The van der Waals surface area contributed by atoms with E-state index in [1.54, 1.807) is 36.5 Å². The Hall–Kier alpha value is -3.48. The standard InChI is InChI=1S/C24H26N4O3/c1-16-13-18(23(30)27-12-6-5-7-17(27)2)10-11-21(16)26-22(29)15-28-24(31)20-9-4-3-8-19(20)14-25-28/h3-4,8-11,13-14,17H,5-7,12,15H2,1-2H3,(H,26,29). The molecule has 2 aromatic carbocycles. The maximum Gasteiger partial charge on any atom is 0.275 e. The third kappa shape index (κ3) is 4.35. The molecule has 2 amide bonds. The summed E-state index contributed by atoms with van der Waals surface area (Å²) in [6.07, 6.45) is 4.80. The number of aryl methyl sites for hydroxylation is 1. The summed E-state index contributed by atoms with van der Waals surface area (Å²) in [5.74, 6) is -0.322. The molecule has 7 nitrogen and oxygen atoms in total. The third-order valence-corrected chi connectivity index (χ3v) is 5.87. The van der Waals surface area contributed by atoms with Crippen LogP contribution in [0.4, 0.5) is 5.69 Å². The minimum Gasteiger partial charge on any atom is -0.336 e. The highest BCUT2D eigenvalue weighted by Crippen LogP contribution is 2.22. The van der Waals surface area contributed by atoms with Gasteiger partial charge < -0.3 is 10.2 Å². The zero-order valence-corrected chi connectivity index (χ0v) is 17.8. The van der Waals surface area contributed by atoms with E-state index in [-0.39, 0.29) is 30.0 Å². The van der Waals surface area contributed by atoms with Crippen LogP contribution in [0.3, 0.4) is 0 Å². The number of likely N-dealkylation sites (tertiary alicyclic amines) is 1. The van der Waals surface area contributed by atoms with E-state index in [9.17, 15) is 14.4 Å². The topological polar surface area (TPSA) is 84.3 Å². The summed E-state index contributed by atoms with van der Waals surface area (Å²) in [5.41, 5.74) is 1.72. The lowest BCUT2D eigenvalue weighted by molar-refractivity contribution is -0.117. The lowest BCUT2D eigenvalue weighted by atomic mass is 10.0. The fraction of sp³-hybridized carbons (Fsp3) is 0.333. The predicted octanol–water partition coefficient (Wildman–Crippen LogP) is 3.36. The smallest absolute Gasteiger partial charge is 0.275 e. The number of hydrogen-bond acceptors (Lipinski definition) is 4. The van der Waals surface area contributed by atoms with Gasteiger partial charge in [-0.1, -0.05) is 18.2 Å². The Labute approximate surface area is 180 Å². The molecule has 0 aliphatic carbocycles. The second kappa shape index (κ2) is 8.71. The highest BCUT2D eigenvalue weighted by atomic mass is 16.2. The van der Waals surface area contributed by atoms with Crippen molar-refractivity contribution in [3.63, 3.8) is 0 Å². The number of nitrogens with zero attached hydrogens (tertiary/aromatic N) is 3. The quantitative estimate of drug-likeness (QED) is 0.704. The Morgan fingerprint density at radius 2 is 1.97 bits per heavy atom. The number of hydrogen-bond donors (Lipinski definition) is 1. The molecule has 0 spiro atoms. The average molecular weight is 418 g/mol. The van der Waals surface area contributed by atoms with E-state index >= 15 is 0 Å². The van der Waals surface area contributed by atoms with Crippen LogP contribution < -0.4 is 10.9 Å². The molecular formula is C24H26N4O3. The van der Waals surface area contributed by atoms with Gasteiger partial charge in [-0.3, -0.25) is 14.4 Å². The van der Waals surface area contributed by atoms with Gasteiger partial charge in [-0.2, -0.15) is 5.10 Å². The van der Waals surface area contributed by atoms with Crippen LogP contribution in [0.15, 0.2) is 53.5 Å². The molecule has 160 valence electrons. The lowest BCUT2D eigenvalue weighted by Crippen LogP contribution is -2.42. The van der Waals surface area contributed by atoms with Crippen molar-refractivity contribution in [3.05, 3.63) is 70.1 Å². The summed E-state index contributed by atoms with van der Waals surface area (Å²) >= 11 is 0. The van der Waals surface area contributed by atoms with Gasteiger partial charge in [0.15, 0.2) is 0 Å². The van der Waals surface area contributed by atoms with Crippen LogP contribution in [0.5, 0.6) is 0 Å². The van der Waals surface area contributed by atoms with Gasteiger partial charge in [0.1, 0.15) is 6.54 Å². The number of carbonyl (C=O) groups is 2. The van der Waals surface area contributed by atoms with Crippen molar-refractivity contribution in [2.75, 3.05) is 11.9 Å². The number of anilines is 1. The minimum atomic E-state index is -0.350. The first kappa shape index (κ1) is 20.8. The molecule has 1 saturated heterocycles. The summed E-state index contributed by atoms with van der Waals surface area (Å²) < 4.78 is 1.16. The van der Waals surface area contributed by atoms with Crippen LogP contribution in [-0.2, 0) is 11.3 Å². The van der Waals surface area contributed by atoms with E-state index in [0.717, 1.165) is 41.4 Å². The second-order valence-corrected chi connectivity index (χ2v) is 8.12. The third-order valence-electron chi connectivity index (χ3n) is 5.87. The van der Waals surface area contributed by atoms with E-state index in [0.29, 0.717) is 16.6 Å². The van der Waals surface area contributed by atoms with E-state index in [4.69, 9.17) is 0 Å². The van der Waals surface area contributed by atoms with Crippen LogP contribution in [0.1, 0.15) is 42.1 Å². The summed E-state index contributed by atoms with van der Waals surface area (Å²) in [6.45, 7) is 4.54. The molecule has 1 fully saturated rings. The van der Waals surface area contributed by atoms with Crippen LogP contribution >= 0.6 is 0 Å². The van der Waals surface area contributed by atoms with Crippen molar-refractivity contribution in [1.29, 1.82) is 0 Å². The van der Waals surface area contributed by atoms with E-state index in [1.165, 1.54) is 0 Å². The number of piperidine rings is 1. The van der Waals surface area contributed by atoms with Crippen LogP contribution in [0, 0.1) is 6.92 Å². The van der Waals surface area contributed by atoms with Gasteiger partial charge in [-0.25, -0.2) is 4.68 Å². The van der Waals surface area contributed by atoms with Crippen LogP contribution in [0.2, 0.25) is 0 Å². The van der Waals surface area contributed by atoms with Crippen LogP contribution in [-0.4, -0.2) is 39.1 Å². The van der Waals surface area contributed by atoms with Crippen molar-refractivity contribution in [2.24, 2.45) is 0 Å². The molecule has 0 saturated carbocycles. The molecule has 1 aromatic heterocycles. The van der Waals surface area contributed by atoms with Crippen molar-refractivity contribution >= 4 is 28.3 Å². The van der Waals surface area contributed by atoms with E-state index in [2.05, 4.69) is 17.3 Å². The normalized spacial score (nSPS) is 16.3. The molecule has 2 heterocycles. The Bertz CT molecular complexity index is 1200. The molecular weight excluding hydrogens is 392 g/mol. The van der Waals surface area contributed by atoms with Gasteiger partial charge in [-0.05, 0) is 62.9 Å². The number of benzene rings is 2. The van der Waals surface area contributed by atoms with Crippen molar-refractivity contribution in [2.45, 2.75) is 45.7 Å². The SMILES string of the molecule is Cc1cc(C(=O)N2CCCCC2C)ccc1NC(=O)Cn1ncc2ccccc2c1=O. The molecule has 1 N–H and O–H groups in total. The maximum absolute atomic E-state index is 12.9. The lowest BCUT2D eigenvalue weighted by Gasteiger charge is -2.33. The number of carbonyl (C=O) groups excluding carboxylic acids is 2. The van der Waals surface area contributed by atoms with Gasteiger partial charge in [0.25, 0.3) is 11.5 Å². The molecule has 31 heavy (non-hydrogen) atoms. The largest absolute Gasteiger partial charge is 0.336 e. The zero-order chi connectivity index (χ0) is 22.0. The van der Waals surface area contributed by atoms with Crippen molar-refractivity contribution < 1.29 is 9.59 Å². The Kier molecular flexibility index (Phi) is 5.84. The summed E-state index contributed by atoms with van der Waals surface area (Å²) in [6, 6.07) is 12.7. The van der Waals surface area contributed by atoms with E-state index < -0.39 is 0 Å². The van der Waals surface area contributed by atoms with Crippen molar-refractivity contribution in [3.8, 4) is 0 Å². The number of fused-ring (bicyclic) bond motifs is 1. The molecule has 3 aromatic rings. The maximum atomic E-state index is 12.9. The molecule has 0 bridgehead atoms. The van der Waals surface area contributed by atoms with Gasteiger partial charge in [0.2, 0.25) is 5.91 Å². The molecule has 1 unspecified atom stereocenters. The second-order valence-electron chi connectivity index (χ2n) is 8.12. The molecule has 1 aliphatic heterocycles. The minimum absolute atomic E-state index is 0.0279. The summed E-state index contributed by atoms with van der Waals surface area (Å²) in [5, 5.41) is 8.19. The van der Waals surface area contributed by atoms with Gasteiger partial charge >= 0.3 is 0 Å². The number of nitrogens with one attached hydrogen (secondary N) is 1. The molecule has 1 aliphatic rings. The average Bonchev–Trinajstić information content (AvgIpc) is 2.77. The summed E-state index contributed by atoms with van der Waals surface area (Å²) in [7, 11) is 0. The monoisotopic (exact) mass is 418 g/mol. The van der Waals surface area contributed by atoms with Gasteiger partial charge in [0.05, 0.1) is 11.6 Å². The van der Waals surface area contributed by atoms with Gasteiger partial charge in [0, 0.05) is 29.2 Å². The highest BCUT2D eigenvalue weighted by Gasteiger charge is 2.24. The molecule has 7 heteroatoms. The first-order chi connectivity index (χ1) is 14.9. The fourth-order valence-electron chi connectivity index (χ4n) is 4.07. The zero-order valence-electron chi connectivity index (χ0n) is 17.8. The van der Waals surface area contributed by atoms with E-state index in [1.807, 2.05) is 24.0 Å². The van der Waals surface area contributed by atoms with Crippen LogP contribution in [0.25, 0.3) is 10.8 Å². The number of amides is 2. The Balaban J connectivity index is 1.47. The number of rotatable bonds is 4. The fourth-order valence-corrected chi connectivity index (χ4v) is 4.07. The first-order valence-corrected chi connectivity index (χ1v) is 10.6. The summed E-state index contributed by atoms with van der Waals surface area (Å²) in [4.78, 5) is 39.9. The first-order valence-electron chi connectivity index (χ1n) is 10.6. The molecule has 1 atom stereocenters. The van der Waals surface area contributed by atoms with Gasteiger partial charge in [-0.15, -0.1) is 0 Å². The highest BCUT2D eigenvalue weighted by molar-refractivity contribution is 5.96. The molecule has 0 radical (unpaired) electrons. The Morgan fingerprint density at radius 3 is 2.74 bits per heavy atom. The molecule has 4 rings (SSSR count).